The van der Waals surface area contributed by atoms with E-state index in [-0.39, 0.29) is 36.5 Å². The molecule has 7 atom stereocenters. The number of carbonyl (C=O) groups is 2. The Labute approximate surface area is 149 Å². The third-order valence-electron chi connectivity index (χ3n) is 6.41. The average Bonchev–Trinajstić information content (AvgIpc) is 2.47. The first-order valence-corrected chi connectivity index (χ1v) is 9.20. The zero-order valence-corrected chi connectivity index (χ0v) is 15.9. The molecule has 0 bridgehead atoms. The molecule has 2 aliphatic rings. The normalized spacial score (nSPS) is 42.2. The smallest absolute Gasteiger partial charge is 0.302 e. The van der Waals surface area contributed by atoms with Gasteiger partial charge in [0, 0.05) is 25.2 Å². The number of esters is 2. The van der Waals surface area contributed by atoms with E-state index >= 15 is 0 Å². The van der Waals surface area contributed by atoms with Gasteiger partial charge < -0.3 is 19.7 Å². The van der Waals surface area contributed by atoms with Gasteiger partial charge in [-0.2, -0.15) is 0 Å². The Kier molecular flexibility index (Phi) is 5.84. The summed E-state index contributed by atoms with van der Waals surface area (Å²) in [6.45, 7) is 8.76. The van der Waals surface area contributed by atoms with Crippen LogP contribution >= 0.6 is 0 Å². The largest absolute Gasteiger partial charge is 0.466 e. The fourth-order valence-corrected chi connectivity index (χ4v) is 5.18. The lowest BCUT2D eigenvalue weighted by atomic mass is 9.50. The van der Waals surface area contributed by atoms with E-state index in [4.69, 9.17) is 9.47 Å². The van der Waals surface area contributed by atoms with Crippen LogP contribution in [0.5, 0.6) is 0 Å². The van der Waals surface area contributed by atoms with Crippen LogP contribution in [-0.4, -0.2) is 46.6 Å². The second-order valence-corrected chi connectivity index (χ2v) is 8.45. The zero-order chi connectivity index (χ0) is 19.0. The molecule has 0 saturated heterocycles. The van der Waals surface area contributed by atoms with Gasteiger partial charge in [-0.1, -0.05) is 13.8 Å². The van der Waals surface area contributed by atoms with Crippen LogP contribution in [0.15, 0.2) is 0 Å². The summed E-state index contributed by atoms with van der Waals surface area (Å²) in [5.74, 6) is -1.13. The fourth-order valence-electron chi connectivity index (χ4n) is 5.18. The summed E-state index contributed by atoms with van der Waals surface area (Å²) >= 11 is 0. The van der Waals surface area contributed by atoms with E-state index in [1.165, 1.54) is 13.8 Å². The third-order valence-corrected chi connectivity index (χ3v) is 6.41. The van der Waals surface area contributed by atoms with Gasteiger partial charge in [0.15, 0.2) is 0 Å². The van der Waals surface area contributed by atoms with Gasteiger partial charge in [0.1, 0.15) is 6.10 Å². The first-order valence-electron chi connectivity index (χ1n) is 9.20. The third kappa shape index (κ3) is 4.00. The lowest BCUT2D eigenvalue weighted by Gasteiger charge is -2.59. The molecule has 25 heavy (non-hydrogen) atoms. The minimum atomic E-state index is -1.02. The van der Waals surface area contributed by atoms with Gasteiger partial charge in [0.25, 0.3) is 0 Å². The SMILES string of the molecule is CC(=O)OC[C@@H](C)[C@@H]1CC[C@@]2(C)[C@@H](OC(C)=O)CC[C@](C)(O)[C@@H]2[C@@H]1O. The number of hydrogen-bond donors (Lipinski definition) is 2. The Morgan fingerprint density at radius 2 is 1.80 bits per heavy atom. The van der Waals surface area contributed by atoms with Crippen LogP contribution in [0.1, 0.15) is 60.3 Å². The first kappa shape index (κ1) is 20.2. The molecule has 6 nitrogen and oxygen atoms in total. The van der Waals surface area contributed by atoms with Crippen LogP contribution in [0.3, 0.4) is 0 Å². The van der Waals surface area contributed by atoms with Crippen LogP contribution < -0.4 is 0 Å². The van der Waals surface area contributed by atoms with Crippen molar-refractivity contribution in [2.24, 2.45) is 23.2 Å². The molecule has 0 radical (unpaired) electrons. The van der Waals surface area contributed by atoms with Crippen molar-refractivity contribution < 1.29 is 29.3 Å². The van der Waals surface area contributed by atoms with Crippen LogP contribution in [0.2, 0.25) is 0 Å². The van der Waals surface area contributed by atoms with E-state index in [1.807, 2.05) is 13.8 Å². The molecule has 0 aromatic rings. The summed E-state index contributed by atoms with van der Waals surface area (Å²) in [7, 11) is 0. The van der Waals surface area contributed by atoms with Gasteiger partial charge in [0.2, 0.25) is 0 Å². The van der Waals surface area contributed by atoms with Crippen molar-refractivity contribution in [3.05, 3.63) is 0 Å². The molecule has 0 heterocycles. The van der Waals surface area contributed by atoms with E-state index in [2.05, 4.69) is 0 Å². The fraction of sp³-hybridized carbons (Fsp3) is 0.895. The molecular weight excluding hydrogens is 324 g/mol. The van der Waals surface area contributed by atoms with Gasteiger partial charge in [-0.3, -0.25) is 9.59 Å². The minimum Gasteiger partial charge on any atom is -0.466 e. The quantitative estimate of drug-likeness (QED) is 0.749. The van der Waals surface area contributed by atoms with Gasteiger partial charge >= 0.3 is 11.9 Å². The van der Waals surface area contributed by atoms with Crippen molar-refractivity contribution >= 4 is 11.9 Å². The summed E-state index contributed by atoms with van der Waals surface area (Å²) < 4.78 is 10.7. The number of fused-ring (bicyclic) bond motifs is 1. The summed E-state index contributed by atoms with van der Waals surface area (Å²) in [5, 5.41) is 22.1. The number of aliphatic hydroxyl groups excluding tert-OH is 1. The number of rotatable bonds is 4. The number of carbonyl (C=O) groups excluding carboxylic acids is 2. The molecule has 2 saturated carbocycles. The number of aliphatic hydroxyl groups is 2. The minimum absolute atomic E-state index is 0.00616. The molecule has 144 valence electrons. The number of ether oxygens (including phenoxy) is 2. The molecule has 6 heteroatoms. The Morgan fingerprint density at radius 3 is 2.36 bits per heavy atom. The zero-order valence-electron chi connectivity index (χ0n) is 15.9. The summed E-state index contributed by atoms with van der Waals surface area (Å²) in [6, 6.07) is 0. The highest BCUT2D eigenvalue weighted by atomic mass is 16.5. The number of hydrogen-bond acceptors (Lipinski definition) is 6. The molecule has 0 aromatic heterocycles. The van der Waals surface area contributed by atoms with E-state index in [0.29, 0.717) is 12.8 Å². The molecule has 2 aliphatic carbocycles. The van der Waals surface area contributed by atoms with Gasteiger partial charge in [-0.25, -0.2) is 0 Å². The lowest BCUT2D eigenvalue weighted by molar-refractivity contribution is -0.229. The second-order valence-electron chi connectivity index (χ2n) is 8.45. The Morgan fingerprint density at radius 1 is 1.16 bits per heavy atom. The molecule has 0 aliphatic heterocycles. The molecule has 0 aromatic carbocycles. The van der Waals surface area contributed by atoms with Crippen molar-refractivity contribution in [2.75, 3.05) is 6.61 Å². The van der Waals surface area contributed by atoms with E-state index in [9.17, 15) is 19.8 Å². The Bertz CT molecular complexity index is 516. The summed E-state index contributed by atoms with van der Waals surface area (Å²) in [5.41, 5.74) is -1.49. The maximum absolute atomic E-state index is 11.5. The predicted octanol–water partition coefficient (Wildman–Crippen LogP) is 2.06. The van der Waals surface area contributed by atoms with Crippen LogP contribution in [0.25, 0.3) is 0 Å². The van der Waals surface area contributed by atoms with E-state index in [1.54, 1.807) is 6.92 Å². The standard InChI is InChI=1S/C19H32O6/c1-11(10-24-12(2)20)14-6-8-18(4)15(25-13(3)21)7-9-19(5,23)17(18)16(14)22/h11,14-17,22-23H,6-10H2,1-5H3/t11-,14+,15+,16-,17-,18+,19+/m1/s1. The van der Waals surface area contributed by atoms with Gasteiger partial charge in [-0.05, 0) is 44.4 Å². The van der Waals surface area contributed by atoms with Gasteiger partial charge in [0.05, 0.1) is 18.3 Å². The average molecular weight is 356 g/mol. The molecule has 2 fully saturated rings. The van der Waals surface area contributed by atoms with E-state index in [0.717, 1.165) is 12.8 Å². The summed E-state index contributed by atoms with van der Waals surface area (Å²) in [4.78, 5) is 22.6. The molecule has 2 rings (SSSR count). The predicted molar refractivity (Wildman–Crippen MR) is 91.5 cm³/mol. The topological polar surface area (TPSA) is 93.1 Å². The Balaban J connectivity index is 2.23. The maximum Gasteiger partial charge on any atom is 0.302 e. The van der Waals surface area contributed by atoms with Crippen molar-refractivity contribution in [1.29, 1.82) is 0 Å². The monoisotopic (exact) mass is 356 g/mol. The van der Waals surface area contributed by atoms with Crippen molar-refractivity contribution in [1.82, 2.24) is 0 Å². The lowest BCUT2D eigenvalue weighted by Crippen LogP contribution is -2.64. The highest BCUT2D eigenvalue weighted by molar-refractivity contribution is 5.66. The highest BCUT2D eigenvalue weighted by Crippen LogP contribution is 2.57. The van der Waals surface area contributed by atoms with Crippen LogP contribution in [0, 0.1) is 23.2 Å². The summed E-state index contributed by atoms with van der Waals surface area (Å²) in [6.07, 6.45) is 1.53. The van der Waals surface area contributed by atoms with Crippen molar-refractivity contribution in [2.45, 2.75) is 78.1 Å². The molecule has 2 N–H and O–H groups in total. The molecule has 0 amide bonds. The Hall–Kier alpha value is -1.14. The maximum atomic E-state index is 11.5. The molecule has 0 spiro atoms. The van der Waals surface area contributed by atoms with Crippen LogP contribution in [0.4, 0.5) is 0 Å². The molecule has 0 unspecified atom stereocenters. The molecular formula is C19H32O6. The van der Waals surface area contributed by atoms with Crippen molar-refractivity contribution in [3.8, 4) is 0 Å². The second kappa shape index (κ2) is 7.23. The van der Waals surface area contributed by atoms with Gasteiger partial charge in [-0.15, -0.1) is 0 Å². The van der Waals surface area contributed by atoms with E-state index < -0.39 is 23.0 Å². The van der Waals surface area contributed by atoms with Crippen LogP contribution in [-0.2, 0) is 19.1 Å². The highest BCUT2D eigenvalue weighted by Gasteiger charge is 2.60. The first-order chi connectivity index (χ1) is 11.5. The van der Waals surface area contributed by atoms with Crippen molar-refractivity contribution in [3.63, 3.8) is 0 Å².